The third-order valence-corrected chi connectivity index (χ3v) is 6.90. The summed E-state index contributed by atoms with van der Waals surface area (Å²) >= 11 is 0. The van der Waals surface area contributed by atoms with Gasteiger partial charge in [-0.25, -0.2) is 8.42 Å². The second-order valence-corrected chi connectivity index (χ2v) is 8.59. The first-order chi connectivity index (χ1) is 9.13. The van der Waals surface area contributed by atoms with E-state index in [1.54, 1.807) is 4.31 Å². The van der Waals surface area contributed by atoms with Crippen molar-refractivity contribution in [3.8, 4) is 0 Å². The summed E-state index contributed by atoms with van der Waals surface area (Å²) in [5.41, 5.74) is 0. The Morgan fingerprint density at radius 1 is 0.842 bits per heavy atom. The lowest BCUT2D eigenvalue weighted by molar-refractivity contribution is 0.182. The summed E-state index contributed by atoms with van der Waals surface area (Å²) in [7, 11) is -3.00. The number of piperazine rings is 1. The van der Waals surface area contributed by atoms with Gasteiger partial charge in [-0.3, -0.25) is 0 Å². The molecule has 4 nitrogen and oxygen atoms in total. The zero-order valence-corrected chi connectivity index (χ0v) is 12.6. The van der Waals surface area contributed by atoms with E-state index in [1.165, 1.54) is 32.2 Å². The van der Waals surface area contributed by atoms with Crippen molar-refractivity contribution in [1.29, 1.82) is 0 Å². The van der Waals surface area contributed by atoms with Crippen LogP contribution in [0.1, 0.15) is 38.5 Å². The Kier molecular flexibility index (Phi) is 4.15. The van der Waals surface area contributed by atoms with Gasteiger partial charge in [-0.2, -0.15) is 4.31 Å². The van der Waals surface area contributed by atoms with Gasteiger partial charge in [0.1, 0.15) is 0 Å². The zero-order chi connectivity index (χ0) is 13.3. The van der Waals surface area contributed by atoms with E-state index in [0.29, 0.717) is 24.8 Å². The Morgan fingerprint density at radius 2 is 1.47 bits per heavy atom. The van der Waals surface area contributed by atoms with Crippen LogP contribution in [-0.4, -0.2) is 56.1 Å². The molecule has 0 amide bonds. The average molecular weight is 286 g/mol. The highest BCUT2D eigenvalue weighted by Gasteiger charge is 2.32. The summed E-state index contributed by atoms with van der Waals surface area (Å²) in [5.74, 6) is 1.73. The zero-order valence-electron chi connectivity index (χ0n) is 11.8. The molecule has 0 atom stereocenters. The second kappa shape index (κ2) is 5.70. The van der Waals surface area contributed by atoms with Gasteiger partial charge in [0.2, 0.25) is 10.0 Å². The van der Waals surface area contributed by atoms with Crippen LogP contribution in [0, 0.1) is 11.8 Å². The van der Waals surface area contributed by atoms with Gasteiger partial charge in [0.25, 0.3) is 0 Å². The first kappa shape index (κ1) is 13.8. The Bertz CT molecular complexity index is 392. The monoisotopic (exact) mass is 286 g/mol. The molecule has 0 spiro atoms. The van der Waals surface area contributed by atoms with Crippen LogP contribution in [0.4, 0.5) is 0 Å². The van der Waals surface area contributed by atoms with Crippen LogP contribution in [-0.2, 0) is 10.0 Å². The van der Waals surface area contributed by atoms with Gasteiger partial charge in [0.15, 0.2) is 0 Å². The lowest BCUT2D eigenvalue weighted by atomic mass is 10.1. The van der Waals surface area contributed by atoms with Crippen molar-refractivity contribution in [2.45, 2.75) is 38.5 Å². The van der Waals surface area contributed by atoms with Crippen LogP contribution in [0.5, 0.6) is 0 Å². The van der Waals surface area contributed by atoms with Crippen molar-refractivity contribution in [3.05, 3.63) is 0 Å². The van der Waals surface area contributed by atoms with Crippen LogP contribution >= 0.6 is 0 Å². The summed E-state index contributed by atoms with van der Waals surface area (Å²) in [5, 5.41) is 0. The summed E-state index contributed by atoms with van der Waals surface area (Å²) in [6.45, 7) is 4.47. The van der Waals surface area contributed by atoms with Crippen LogP contribution in [0.25, 0.3) is 0 Å². The van der Waals surface area contributed by atoms with E-state index < -0.39 is 10.0 Å². The Labute approximate surface area is 117 Å². The molecule has 19 heavy (non-hydrogen) atoms. The molecular weight excluding hydrogens is 260 g/mol. The molecule has 3 fully saturated rings. The molecule has 0 bridgehead atoms. The molecule has 0 aromatic heterocycles. The van der Waals surface area contributed by atoms with E-state index in [0.717, 1.165) is 31.8 Å². The number of rotatable bonds is 5. The summed E-state index contributed by atoms with van der Waals surface area (Å²) in [6, 6.07) is 0. The maximum Gasteiger partial charge on any atom is 0.214 e. The van der Waals surface area contributed by atoms with Gasteiger partial charge in [0.05, 0.1) is 5.75 Å². The van der Waals surface area contributed by atoms with Gasteiger partial charge in [-0.05, 0) is 37.5 Å². The Balaban J connectivity index is 1.48. The van der Waals surface area contributed by atoms with Crippen molar-refractivity contribution < 1.29 is 8.42 Å². The minimum Gasteiger partial charge on any atom is -0.300 e. The molecule has 5 heteroatoms. The normalized spacial score (nSPS) is 28.0. The molecule has 1 heterocycles. The molecule has 0 unspecified atom stereocenters. The smallest absolute Gasteiger partial charge is 0.214 e. The highest BCUT2D eigenvalue weighted by Crippen LogP contribution is 2.30. The lowest BCUT2D eigenvalue weighted by Crippen LogP contribution is -2.50. The number of sulfonamides is 1. The van der Waals surface area contributed by atoms with Gasteiger partial charge >= 0.3 is 0 Å². The standard InChI is InChI=1S/C14H26N2O2S/c17-19(18,12-14-3-1-2-4-14)16-9-7-15(8-10-16)11-13-5-6-13/h13-14H,1-12H2. The van der Waals surface area contributed by atoms with Gasteiger partial charge in [-0.1, -0.05) is 12.8 Å². The number of hydrogen-bond donors (Lipinski definition) is 0. The van der Waals surface area contributed by atoms with E-state index >= 15 is 0 Å². The van der Waals surface area contributed by atoms with E-state index in [-0.39, 0.29) is 0 Å². The first-order valence-corrected chi connectivity index (χ1v) is 9.44. The second-order valence-electron chi connectivity index (χ2n) is 6.57. The molecule has 1 aliphatic heterocycles. The highest BCUT2D eigenvalue weighted by molar-refractivity contribution is 7.89. The SMILES string of the molecule is O=S(=O)(CC1CCCC1)N1CCN(CC2CC2)CC1. The quantitative estimate of drug-likeness (QED) is 0.769. The van der Waals surface area contributed by atoms with E-state index in [1.807, 2.05) is 0 Å². The molecule has 0 radical (unpaired) electrons. The van der Waals surface area contributed by atoms with E-state index in [9.17, 15) is 8.42 Å². The number of hydrogen-bond acceptors (Lipinski definition) is 3. The van der Waals surface area contributed by atoms with Crippen molar-refractivity contribution >= 4 is 10.0 Å². The third kappa shape index (κ3) is 3.70. The van der Waals surface area contributed by atoms with E-state index in [4.69, 9.17) is 0 Å². The predicted molar refractivity (Wildman–Crippen MR) is 76.5 cm³/mol. The van der Waals surface area contributed by atoms with Crippen LogP contribution in [0.2, 0.25) is 0 Å². The molecular formula is C14H26N2O2S. The van der Waals surface area contributed by atoms with Crippen molar-refractivity contribution in [2.24, 2.45) is 11.8 Å². The molecule has 2 saturated carbocycles. The fourth-order valence-corrected chi connectivity index (χ4v) is 5.30. The van der Waals surface area contributed by atoms with Crippen LogP contribution < -0.4 is 0 Å². The molecule has 3 rings (SSSR count). The molecule has 3 aliphatic rings. The van der Waals surface area contributed by atoms with Crippen molar-refractivity contribution in [3.63, 3.8) is 0 Å². The van der Waals surface area contributed by atoms with Gasteiger partial charge < -0.3 is 4.90 Å². The molecule has 2 aliphatic carbocycles. The van der Waals surface area contributed by atoms with Gasteiger partial charge in [0, 0.05) is 32.7 Å². The minimum atomic E-state index is -3.00. The lowest BCUT2D eigenvalue weighted by Gasteiger charge is -2.34. The van der Waals surface area contributed by atoms with Crippen LogP contribution in [0.15, 0.2) is 0 Å². The molecule has 0 aromatic rings. The average Bonchev–Trinajstić information content (AvgIpc) is 3.05. The fraction of sp³-hybridized carbons (Fsp3) is 1.00. The van der Waals surface area contributed by atoms with Crippen molar-refractivity contribution in [2.75, 3.05) is 38.5 Å². The summed E-state index contributed by atoms with van der Waals surface area (Å²) < 4.78 is 26.5. The fourth-order valence-electron chi connectivity index (χ4n) is 3.44. The largest absolute Gasteiger partial charge is 0.300 e. The molecule has 1 saturated heterocycles. The van der Waals surface area contributed by atoms with Gasteiger partial charge in [-0.15, -0.1) is 0 Å². The minimum absolute atomic E-state index is 0.398. The third-order valence-electron chi connectivity index (χ3n) is 4.86. The summed E-state index contributed by atoms with van der Waals surface area (Å²) in [6.07, 6.45) is 7.41. The number of nitrogens with zero attached hydrogens (tertiary/aromatic N) is 2. The predicted octanol–water partition coefficient (Wildman–Crippen LogP) is 1.53. The maximum atomic E-state index is 12.4. The highest BCUT2D eigenvalue weighted by atomic mass is 32.2. The molecule has 0 aromatic carbocycles. The summed E-state index contributed by atoms with van der Waals surface area (Å²) in [4.78, 5) is 2.44. The Hall–Kier alpha value is -0.130. The maximum absolute atomic E-state index is 12.4. The molecule has 110 valence electrons. The van der Waals surface area contributed by atoms with Crippen LogP contribution in [0.3, 0.4) is 0 Å². The first-order valence-electron chi connectivity index (χ1n) is 7.84. The molecule has 0 N–H and O–H groups in total. The van der Waals surface area contributed by atoms with E-state index in [2.05, 4.69) is 4.90 Å². The Morgan fingerprint density at radius 3 is 2.05 bits per heavy atom. The topological polar surface area (TPSA) is 40.6 Å². The van der Waals surface area contributed by atoms with Crippen molar-refractivity contribution in [1.82, 2.24) is 9.21 Å².